The lowest BCUT2D eigenvalue weighted by Crippen LogP contribution is -2.31. The molecule has 0 heterocycles. The standard InChI is InChI=1S/C13H23Br/c1-10(2)12(14)11-6-5-9-13(11)7-3-4-8-13/h10-12H,3-9H2,1-2H3. The average molecular weight is 259 g/mol. The van der Waals surface area contributed by atoms with Crippen molar-refractivity contribution in [2.24, 2.45) is 17.3 Å². The van der Waals surface area contributed by atoms with Gasteiger partial charge >= 0.3 is 0 Å². The minimum Gasteiger partial charge on any atom is -0.0885 e. The highest BCUT2D eigenvalue weighted by atomic mass is 79.9. The molecule has 0 aliphatic heterocycles. The molecule has 1 heteroatoms. The first-order chi connectivity index (χ1) is 6.66. The molecule has 0 aromatic rings. The molecule has 1 spiro atoms. The van der Waals surface area contributed by atoms with Gasteiger partial charge in [0.05, 0.1) is 0 Å². The molecule has 2 atom stereocenters. The second-order valence-electron chi connectivity index (χ2n) is 5.76. The molecule has 0 aromatic heterocycles. The third-order valence-corrected chi connectivity index (χ3v) is 6.29. The summed E-state index contributed by atoms with van der Waals surface area (Å²) < 4.78 is 0. The predicted molar refractivity (Wildman–Crippen MR) is 65.8 cm³/mol. The summed E-state index contributed by atoms with van der Waals surface area (Å²) in [6.45, 7) is 4.72. The molecule has 0 nitrogen and oxygen atoms in total. The third-order valence-electron chi connectivity index (χ3n) is 4.60. The minimum absolute atomic E-state index is 0.762. The van der Waals surface area contributed by atoms with E-state index in [0.717, 1.165) is 22.1 Å². The molecule has 2 unspecified atom stereocenters. The Morgan fingerprint density at radius 3 is 2.21 bits per heavy atom. The van der Waals surface area contributed by atoms with Crippen LogP contribution in [0.1, 0.15) is 58.8 Å². The quantitative estimate of drug-likeness (QED) is 0.627. The van der Waals surface area contributed by atoms with E-state index in [4.69, 9.17) is 0 Å². The summed E-state index contributed by atoms with van der Waals surface area (Å²) in [6, 6.07) is 0. The van der Waals surface area contributed by atoms with Crippen molar-refractivity contribution in [1.29, 1.82) is 0 Å². The van der Waals surface area contributed by atoms with Crippen LogP contribution in [0.3, 0.4) is 0 Å². The first kappa shape index (κ1) is 11.0. The second kappa shape index (κ2) is 4.15. The molecule has 0 N–H and O–H groups in total. The molecular weight excluding hydrogens is 236 g/mol. The molecule has 0 radical (unpaired) electrons. The molecule has 2 aliphatic carbocycles. The number of alkyl halides is 1. The summed E-state index contributed by atoms with van der Waals surface area (Å²) in [5.74, 6) is 1.78. The van der Waals surface area contributed by atoms with Crippen molar-refractivity contribution in [3.63, 3.8) is 0 Å². The van der Waals surface area contributed by atoms with Crippen LogP contribution < -0.4 is 0 Å². The molecule has 2 saturated carbocycles. The van der Waals surface area contributed by atoms with Crippen LogP contribution in [0.4, 0.5) is 0 Å². The van der Waals surface area contributed by atoms with Gasteiger partial charge in [0.15, 0.2) is 0 Å². The maximum atomic E-state index is 3.95. The van der Waals surface area contributed by atoms with Gasteiger partial charge in [-0.2, -0.15) is 0 Å². The fourth-order valence-electron chi connectivity index (χ4n) is 3.83. The zero-order valence-corrected chi connectivity index (χ0v) is 11.1. The Kier molecular flexibility index (Phi) is 3.26. The molecule has 14 heavy (non-hydrogen) atoms. The summed E-state index contributed by atoms with van der Waals surface area (Å²) in [4.78, 5) is 0.767. The number of hydrogen-bond donors (Lipinski definition) is 0. The molecule has 2 aliphatic rings. The van der Waals surface area contributed by atoms with Crippen LogP contribution >= 0.6 is 15.9 Å². The lowest BCUT2D eigenvalue weighted by Gasteiger charge is -2.36. The zero-order valence-electron chi connectivity index (χ0n) is 9.56. The van der Waals surface area contributed by atoms with Crippen LogP contribution in [0.2, 0.25) is 0 Å². The van der Waals surface area contributed by atoms with Gasteiger partial charge in [0.1, 0.15) is 0 Å². The van der Waals surface area contributed by atoms with Crippen molar-refractivity contribution in [2.75, 3.05) is 0 Å². The van der Waals surface area contributed by atoms with Crippen molar-refractivity contribution in [3.05, 3.63) is 0 Å². The minimum atomic E-state index is 0.762. The Morgan fingerprint density at radius 2 is 1.64 bits per heavy atom. The van der Waals surface area contributed by atoms with Crippen molar-refractivity contribution in [1.82, 2.24) is 0 Å². The van der Waals surface area contributed by atoms with Crippen LogP contribution in [0.5, 0.6) is 0 Å². The van der Waals surface area contributed by atoms with Crippen molar-refractivity contribution in [2.45, 2.75) is 63.6 Å². The van der Waals surface area contributed by atoms with Crippen LogP contribution in [-0.2, 0) is 0 Å². The van der Waals surface area contributed by atoms with Gasteiger partial charge in [-0.05, 0) is 42.9 Å². The maximum absolute atomic E-state index is 3.95. The highest BCUT2D eigenvalue weighted by molar-refractivity contribution is 9.09. The van der Waals surface area contributed by atoms with Gasteiger partial charge < -0.3 is 0 Å². The van der Waals surface area contributed by atoms with Crippen molar-refractivity contribution < 1.29 is 0 Å². The van der Waals surface area contributed by atoms with Gasteiger partial charge in [0.25, 0.3) is 0 Å². The van der Waals surface area contributed by atoms with Gasteiger partial charge in [-0.25, -0.2) is 0 Å². The summed E-state index contributed by atoms with van der Waals surface area (Å²) in [6.07, 6.45) is 10.5. The van der Waals surface area contributed by atoms with E-state index in [1.54, 1.807) is 0 Å². The van der Waals surface area contributed by atoms with Gasteiger partial charge in [0, 0.05) is 4.83 Å². The Balaban J connectivity index is 2.10. The van der Waals surface area contributed by atoms with E-state index in [0.29, 0.717) is 0 Å². The van der Waals surface area contributed by atoms with Crippen molar-refractivity contribution in [3.8, 4) is 0 Å². The fourth-order valence-corrected chi connectivity index (χ4v) is 4.65. The molecule has 2 rings (SSSR count). The lowest BCUT2D eigenvalue weighted by molar-refractivity contribution is 0.189. The summed E-state index contributed by atoms with van der Waals surface area (Å²) >= 11 is 3.95. The molecule has 0 aromatic carbocycles. The van der Waals surface area contributed by atoms with E-state index in [1.165, 1.54) is 44.9 Å². The van der Waals surface area contributed by atoms with Gasteiger partial charge in [-0.1, -0.05) is 49.0 Å². The Bertz CT molecular complexity index is 186. The van der Waals surface area contributed by atoms with E-state index >= 15 is 0 Å². The molecule has 0 saturated heterocycles. The molecule has 0 amide bonds. The van der Waals surface area contributed by atoms with Gasteiger partial charge in [-0.3, -0.25) is 0 Å². The topological polar surface area (TPSA) is 0 Å². The molecular formula is C13H23Br. The molecule has 82 valence electrons. The summed E-state index contributed by atoms with van der Waals surface area (Å²) in [5.41, 5.74) is 0.762. The number of hydrogen-bond acceptors (Lipinski definition) is 0. The van der Waals surface area contributed by atoms with Crippen LogP contribution in [0.25, 0.3) is 0 Å². The monoisotopic (exact) mass is 258 g/mol. The van der Waals surface area contributed by atoms with Crippen LogP contribution in [-0.4, -0.2) is 4.83 Å². The summed E-state index contributed by atoms with van der Waals surface area (Å²) in [5, 5.41) is 0. The molecule has 0 bridgehead atoms. The maximum Gasteiger partial charge on any atom is 0.0202 e. The van der Waals surface area contributed by atoms with Crippen molar-refractivity contribution >= 4 is 15.9 Å². The Hall–Kier alpha value is 0.480. The first-order valence-corrected chi connectivity index (χ1v) is 7.21. The highest BCUT2D eigenvalue weighted by Gasteiger charge is 2.47. The smallest absolute Gasteiger partial charge is 0.0202 e. The number of halogens is 1. The lowest BCUT2D eigenvalue weighted by atomic mass is 9.73. The molecule has 2 fully saturated rings. The number of rotatable bonds is 2. The highest BCUT2D eigenvalue weighted by Crippen LogP contribution is 2.57. The fraction of sp³-hybridized carbons (Fsp3) is 1.00. The SMILES string of the molecule is CC(C)C(Br)C1CCCC12CCCC2. The average Bonchev–Trinajstić information content (AvgIpc) is 2.76. The van der Waals surface area contributed by atoms with E-state index < -0.39 is 0 Å². The Morgan fingerprint density at radius 1 is 1.07 bits per heavy atom. The predicted octanol–water partition coefficient (Wildman–Crippen LogP) is 4.77. The van der Waals surface area contributed by atoms with E-state index in [-0.39, 0.29) is 0 Å². The van der Waals surface area contributed by atoms with Crippen LogP contribution in [0, 0.1) is 17.3 Å². The van der Waals surface area contributed by atoms with E-state index in [2.05, 4.69) is 29.8 Å². The van der Waals surface area contributed by atoms with E-state index in [1.807, 2.05) is 0 Å². The summed E-state index contributed by atoms with van der Waals surface area (Å²) in [7, 11) is 0. The zero-order chi connectivity index (χ0) is 10.2. The third kappa shape index (κ3) is 1.77. The largest absolute Gasteiger partial charge is 0.0885 e. The van der Waals surface area contributed by atoms with Crippen LogP contribution in [0.15, 0.2) is 0 Å². The second-order valence-corrected chi connectivity index (χ2v) is 6.81. The first-order valence-electron chi connectivity index (χ1n) is 6.30. The van der Waals surface area contributed by atoms with E-state index in [9.17, 15) is 0 Å². The van der Waals surface area contributed by atoms with Gasteiger partial charge in [0.2, 0.25) is 0 Å². The Labute approximate surface area is 97.0 Å². The normalized spacial score (nSPS) is 33.0. The van der Waals surface area contributed by atoms with Gasteiger partial charge in [-0.15, -0.1) is 0 Å².